The van der Waals surface area contributed by atoms with Gasteiger partial charge >= 0.3 is 5.92 Å². The topological polar surface area (TPSA) is 72.7 Å². The van der Waals surface area contributed by atoms with E-state index in [4.69, 9.17) is 0 Å². The van der Waals surface area contributed by atoms with Crippen molar-refractivity contribution in [3.8, 4) is 5.82 Å². The van der Waals surface area contributed by atoms with Gasteiger partial charge in [0.1, 0.15) is 11.6 Å². The molecule has 3 aromatic rings. The van der Waals surface area contributed by atoms with Crippen molar-refractivity contribution >= 4 is 22.6 Å². The molecule has 0 radical (unpaired) electrons. The Morgan fingerprint density at radius 2 is 2.12 bits per heavy atom. The number of pyridine rings is 1. The lowest BCUT2D eigenvalue weighted by Gasteiger charge is -2.11. The number of rotatable bonds is 4. The standard InChI is InChI=1S/C18H17F2N5O/c1-10(26)23-15-7-14-12(8-22-15)13(11-3-4-11)9-25(14)16-5-6-21-17(24-16)18(2,19)20/h5-9,11H,3-4H2,1-2H3,(H,22,23,26). The van der Waals surface area contributed by atoms with Crippen molar-refractivity contribution in [2.45, 2.75) is 38.5 Å². The van der Waals surface area contributed by atoms with E-state index < -0.39 is 11.7 Å². The van der Waals surface area contributed by atoms with E-state index in [1.807, 2.05) is 6.20 Å². The molecule has 3 heterocycles. The molecule has 0 bridgehead atoms. The predicted octanol–water partition coefficient (Wildman–Crippen LogP) is 3.76. The molecule has 0 aromatic carbocycles. The lowest BCUT2D eigenvalue weighted by molar-refractivity contribution is -0.114. The Bertz CT molecular complexity index is 1000. The van der Waals surface area contributed by atoms with Crippen LogP contribution in [0.5, 0.6) is 0 Å². The molecule has 1 aliphatic rings. The summed E-state index contributed by atoms with van der Waals surface area (Å²) >= 11 is 0. The number of amides is 1. The average Bonchev–Trinajstić information content (AvgIpc) is 3.35. The molecule has 0 saturated heterocycles. The highest BCUT2D eigenvalue weighted by atomic mass is 19.3. The minimum Gasteiger partial charge on any atom is -0.311 e. The second-order valence-electron chi connectivity index (χ2n) is 6.62. The summed E-state index contributed by atoms with van der Waals surface area (Å²) in [5.41, 5.74) is 1.88. The van der Waals surface area contributed by atoms with E-state index in [9.17, 15) is 13.6 Å². The third-order valence-corrected chi connectivity index (χ3v) is 4.32. The van der Waals surface area contributed by atoms with Crippen molar-refractivity contribution in [3.63, 3.8) is 0 Å². The van der Waals surface area contributed by atoms with Crippen LogP contribution in [0.1, 0.15) is 44.0 Å². The molecule has 6 nitrogen and oxygen atoms in total. The van der Waals surface area contributed by atoms with Crippen LogP contribution in [0, 0.1) is 0 Å². The highest BCUT2D eigenvalue weighted by Crippen LogP contribution is 2.44. The lowest BCUT2D eigenvalue weighted by atomic mass is 10.1. The fraction of sp³-hybridized carbons (Fsp3) is 0.333. The molecule has 4 rings (SSSR count). The summed E-state index contributed by atoms with van der Waals surface area (Å²) in [6, 6.07) is 3.32. The number of halogens is 2. The first-order chi connectivity index (χ1) is 12.3. The van der Waals surface area contributed by atoms with Crippen molar-refractivity contribution in [2.24, 2.45) is 0 Å². The van der Waals surface area contributed by atoms with Gasteiger partial charge in [0.25, 0.3) is 0 Å². The summed E-state index contributed by atoms with van der Waals surface area (Å²) in [6.07, 6.45) is 7.14. The second-order valence-corrected chi connectivity index (χ2v) is 6.62. The van der Waals surface area contributed by atoms with Crippen LogP contribution in [-0.4, -0.2) is 25.4 Å². The molecule has 0 aliphatic heterocycles. The highest BCUT2D eigenvalue weighted by molar-refractivity contribution is 5.92. The number of hydrogen-bond donors (Lipinski definition) is 1. The van der Waals surface area contributed by atoms with Crippen molar-refractivity contribution in [1.29, 1.82) is 0 Å². The van der Waals surface area contributed by atoms with Gasteiger partial charge in [-0.2, -0.15) is 8.78 Å². The molecular formula is C18H17F2N5O. The molecular weight excluding hydrogens is 340 g/mol. The van der Waals surface area contributed by atoms with Gasteiger partial charge in [0.05, 0.1) is 5.52 Å². The third kappa shape index (κ3) is 3.02. The van der Waals surface area contributed by atoms with Crippen molar-refractivity contribution in [3.05, 3.63) is 42.1 Å². The van der Waals surface area contributed by atoms with Gasteiger partial charge in [-0.15, -0.1) is 0 Å². The number of fused-ring (bicyclic) bond motifs is 1. The zero-order chi connectivity index (χ0) is 18.5. The van der Waals surface area contributed by atoms with Crippen LogP contribution in [0.4, 0.5) is 14.6 Å². The molecule has 1 fully saturated rings. The smallest absolute Gasteiger partial charge is 0.303 e. The minimum absolute atomic E-state index is 0.229. The van der Waals surface area contributed by atoms with E-state index in [1.165, 1.54) is 13.1 Å². The summed E-state index contributed by atoms with van der Waals surface area (Å²) in [6.45, 7) is 2.18. The Labute approximate surface area is 148 Å². The Morgan fingerprint density at radius 3 is 2.77 bits per heavy atom. The molecule has 1 saturated carbocycles. The first-order valence-electron chi connectivity index (χ1n) is 8.33. The largest absolute Gasteiger partial charge is 0.311 e. The number of nitrogens with zero attached hydrogens (tertiary/aromatic N) is 4. The first kappa shape index (κ1) is 16.6. The van der Waals surface area contributed by atoms with Crippen LogP contribution >= 0.6 is 0 Å². The van der Waals surface area contributed by atoms with Gasteiger partial charge in [-0.1, -0.05) is 0 Å². The van der Waals surface area contributed by atoms with Gasteiger partial charge in [0.15, 0.2) is 0 Å². The van der Waals surface area contributed by atoms with Crippen LogP contribution in [0.2, 0.25) is 0 Å². The van der Waals surface area contributed by atoms with E-state index in [-0.39, 0.29) is 5.91 Å². The summed E-state index contributed by atoms with van der Waals surface area (Å²) < 4.78 is 29.0. The van der Waals surface area contributed by atoms with Crippen molar-refractivity contribution < 1.29 is 13.6 Å². The number of carbonyl (C=O) groups excluding carboxylic acids is 1. The Hall–Kier alpha value is -2.90. The summed E-state index contributed by atoms with van der Waals surface area (Å²) in [7, 11) is 0. The Balaban J connectivity index is 1.89. The van der Waals surface area contributed by atoms with Gasteiger partial charge in [-0.25, -0.2) is 15.0 Å². The van der Waals surface area contributed by atoms with Crippen LogP contribution in [-0.2, 0) is 10.7 Å². The molecule has 134 valence electrons. The van der Waals surface area contributed by atoms with E-state index in [0.29, 0.717) is 17.6 Å². The number of hydrogen-bond acceptors (Lipinski definition) is 4. The van der Waals surface area contributed by atoms with Crippen LogP contribution in [0.25, 0.3) is 16.7 Å². The fourth-order valence-corrected chi connectivity index (χ4v) is 3.00. The minimum atomic E-state index is -3.12. The van der Waals surface area contributed by atoms with E-state index in [1.54, 1.807) is 22.9 Å². The summed E-state index contributed by atoms with van der Waals surface area (Å²) in [5.74, 6) is -2.68. The van der Waals surface area contributed by atoms with Gasteiger partial charge < -0.3 is 9.88 Å². The molecule has 1 amide bonds. The number of carbonyl (C=O) groups is 1. The average molecular weight is 357 g/mol. The fourth-order valence-electron chi connectivity index (χ4n) is 3.00. The molecule has 1 aliphatic carbocycles. The van der Waals surface area contributed by atoms with Crippen molar-refractivity contribution in [1.82, 2.24) is 19.5 Å². The highest BCUT2D eigenvalue weighted by Gasteiger charge is 2.30. The van der Waals surface area contributed by atoms with Crippen LogP contribution in [0.15, 0.2) is 30.7 Å². The van der Waals surface area contributed by atoms with Gasteiger partial charge in [0, 0.05) is 43.9 Å². The molecule has 1 N–H and O–H groups in total. The normalized spacial score (nSPS) is 14.6. The molecule has 8 heteroatoms. The number of aromatic nitrogens is 4. The molecule has 26 heavy (non-hydrogen) atoms. The quantitative estimate of drug-likeness (QED) is 0.772. The maximum absolute atomic E-state index is 13.6. The number of alkyl halides is 2. The molecule has 0 atom stereocenters. The summed E-state index contributed by atoms with van der Waals surface area (Å²) in [5, 5.41) is 3.58. The third-order valence-electron chi connectivity index (χ3n) is 4.32. The Morgan fingerprint density at radius 1 is 1.35 bits per heavy atom. The van der Waals surface area contributed by atoms with E-state index >= 15 is 0 Å². The monoisotopic (exact) mass is 357 g/mol. The lowest BCUT2D eigenvalue weighted by Crippen LogP contribution is -2.14. The maximum atomic E-state index is 13.6. The molecule has 0 spiro atoms. The van der Waals surface area contributed by atoms with E-state index in [2.05, 4.69) is 20.3 Å². The van der Waals surface area contributed by atoms with Crippen LogP contribution < -0.4 is 5.32 Å². The van der Waals surface area contributed by atoms with Gasteiger partial charge in [-0.3, -0.25) is 4.79 Å². The number of nitrogens with one attached hydrogen (secondary N) is 1. The zero-order valence-electron chi connectivity index (χ0n) is 14.3. The second kappa shape index (κ2) is 5.82. The molecule has 3 aromatic heterocycles. The van der Waals surface area contributed by atoms with E-state index in [0.717, 1.165) is 36.2 Å². The van der Waals surface area contributed by atoms with Gasteiger partial charge in [-0.05, 0) is 30.4 Å². The Kier molecular flexibility index (Phi) is 3.71. The van der Waals surface area contributed by atoms with Crippen LogP contribution in [0.3, 0.4) is 0 Å². The molecule has 0 unspecified atom stereocenters. The van der Waals surface area contributed by atoms with Gasteiger partial charge in [0.2, 0.25) is 11.7 Å². The SMILES string of the molecule is CC(=O)Nc1cc2c(cn1)c(C1CC1)cn2-c1ccnc(C(C)(F)F)n1. The van der Waals surface area contributed by atoms with Crippen molar-refractivity contribution in [2.75, 3.05) is 5.32 Å². The predicted molar refractivity (Wildman–Crippen MR) is 92.5 cm³/mol. The summed E-state index contributed by atoms with van der Waals surface area (Å²) in [4.78, 5) is 23.3. The zero-order valence-corrected chi connectivity index (χ0v) is 14.3. The first-order valence-corrected chi connectivity index (χ1v) is 8.33. The number of anilines is 1. The maximum Gasteiger partial charge on any atom is 0.303 e.